The van der Waals surface area contributed by atoms with Gasteiger partial charge >= 0.3 is 6.01 Å². The summed E-state index contributed by atoms with van der Waals surface area (Å²) in [5, 5.41) is 10.6. The maximum Gasteiger partial charge on any atom is 0.319 e. The van der Waals surface area contributed by atoms with Crippen LogP contribution in [0.5, 0.6) is 6.01 Å². The fraction of sp³-hybridized carbons (Fsp3) is 0.472. The first-order chi connectivity index (χ1) is 24.0. The van der Waals surface area contributed by atoms with Gasteiger partial charge in [-0.25, -0.2) is 17.6 Å². The van der Waals surface area contributed by atoms with Crippen LogP contribution in [0.25, 0.3) is 32.9 Å². The molecule has 2 aliphatic heterocycles. The number of aromatic nitrogens is 3. The number of nitriles is 1. The SMILES string of the molecule is CC(C)(F)C(=O)N1CCN(c2nc(OC[C@H]3C4CCC(C4)N3CCF)nc3c(F)c(-c4cccc5ccc(F)c(Cl)c45)ncc23)C[C@@H]1CC#N. The first-order valence-electron chi connectivity index (χ1n) is 16.8. The van der Waals surface area contributed by atoms with Gasteiger partial charge in [-0.05, 0) is 50.5 Å². The van der Waals surface area contributed by atoms with Crippen LogP contribution in [-0.2, 0) is 4.79 Å². The van der Waals surface area contributed by atoms with Gasteiger partial charge in [0.25, 0.3) is 5.91 Å². The number of ether oxygens (including phenoxy) is 1. The highest BCUT2D eigenvalue weighted by molar-refractivity contribution is 6.36. The molecule has 0 spiro atoms. The van der Waals surface area contributed by atoms with Crippen molar-refractivity contribution in [3.8, 4) is 23.3 Å². The predicted octanol–water partition coefficient (Wildman–Crippen LogP) is 6.66. The van der Waals surface area contributed by atoms with Crippen molar-refractivity contribution in [2.45, 2.75) is 63.3 Å². The van der Waals surface area contributed by atoms with E-state index in [1.807, 2.05) is 0 Å². The first-order valence-corrected chi connectivity index (χ1v) is 17.2. The van der Waals surface area contributed by atoms with Crippen molar-refractivity contribution in [1.82, 2.24) is 24.8 Å². The minimum atomic E-state index is -2.13. The number of rotatable bonds is 9. The number of likely N-dealkylation sites (tertiary alicyclic amines) is 1. The number of halogens is 5. The molecule has 2 bridgehead atoms. The number of hydrogen-bond acceptors (Lipinski definition) is 8. The molecule has 4 aromatic rings. The van der Waals surface area contributed by atoms with Gasteiger partial charge in [-0.2, -0.15) is 15.2 Å². The molecule has 4 atom stereocenters. The van der Waals surface area contributed by atoms with E-state index in [1.165, 1.54) is 31.0 Å². The van der Waals surface area contributed by atoms with Gasteiger partial charge in [0.15, 0.2) is 11.5 Å². The monoisotopic (exact) mass is 709 g/mol. The number of amides is 1. The van der Waals surface area contributed by atoms with Crippen molar-refractivity contribution in [3.63, 3.8) is 0 Å². The number of carbonyl (C=O) groups is 1. The number of pyridine rings is 1. The number of piperidine rings is 1. The topological polar surface area (TPSA) is 98.5 Å². The fourth-order valence-corrected chi connectivity index (χ4v) is 8.25. The second-order valence-corrected chi connectivity index (χ2v) is 14.1. The summed E-state index contributed by atoms with van der Waals surface area (Å²) in [4.78, 5) is 32.0. The molecular formula is C36H36ClF4N7O2. The van der Waals surface area contributed by atoms with Crippen molar-refractivity contribution >= 4 is 45.0 Å². The van der Waals surface area contributed by atoms with Crippen LogP contribution in [-0.4, -0.2) is 93.9 Å². The molecule has 7 rings (SSSR count). The van der Waals surface area contributed by atoms with Crippen molar-refractivity contribution in [2.75, 3.05) is 44.4 Å². The Bertz CT molecular complexity index is 2000. The Morgan fingerprint density at radius 1 is 1.16 bits per heavy atom. The third-order valence-corrected chi connectivity index (χ3v) is 10.7. The van der Waals surface area contributed by atoms with E-state index in [2.05, 4.69) is 20.9 Å². The summed E-state index contributed by atoms with van der Waals surface area (Å²) in [7, 11) is 0. The lowest BCUT2D eigenvalue weighted by Gasteiger charge is -2.42. The average molecular weight is 710 g/mol. The van der Waals surface area contributed by atoms with Gasteiger partial charge in [0.2, 0.25) is 0 Å². The van der Waals surface area contributed by atoms with Crippen molar-refractivity contribution < 1.29 is 27.1 Å². The van der Waals surface area contributed by atoms with Crippen LogP contribution in [0.2, 0.25) is 5.02 Å². The van der Waals surface area contributed by atoms with Crippen LogP contribution in [0.4, 0.5) is 23.4 Å². The maximum atomic E-state index is 16.8. The lowest BCUT2D eigenvalue weighted by molar-refractivity contribution is -0.144. The zero-order valence-corrected chi connectivity index (χ0v) is 28.4. The van der Waals surface area contributed by atoms with Gasteiger partial charge in [0, 0.05) is 55.4 Å². The zero-order chi connectivity index (χ0) is 35.3. The fourth-order valence-electron chi connectivity index (χ4n) is 7.98. The third-order valence-electron chi connectivity index (χ3n) is 10.3. The lowest BCUT2D eigenvalue weighted by Crippen LogP contribution is -2.58. The molecular weight excluding hydrogens is 674 g/mol. The van der Waals surface area contributed by atoms with Crippen LogP contribution < -0.4 is 9.64 Å². The molecule has 1 saturated carbocycles. The molecule has 0 N–H and O–H groups in total. The molecule has 4 heterocycles. The summed E-state index contributed by atoms with van der Waals surface area (Å²) in [6.07, 6.45) is 4.36. The molecule has 1 amide bonds. The maximum absolute atomic E-state index is 16.8. The van der Waals surface area contributed by atoms with E-state index in [1.54, 1.807) is 29.2 Å². The second-order valence-electron chi connectivity index (χ2n) is 13.7. The largest absolute Gasteiger partial charge is 0.462 e. The van der Waals surface area contributed by atoms with Crippen molar-refractivity contribution in [3.05, 3.63) is 53.2 Å². The number of piperazine rings is 1. The Labute approximate surface area is 291 Å². The van der Waals surface area contributed by atoms with Crippen LogP contribution in [0, 0.1) is 28.9 Å². The van der Waals surface area contributed by atoms with Gasteiger partial charge in [-0.15, -0.1) is 0 Å². The number of fused-ring (bicyclic) bond motifs is 4. The van der Waals surface area contributed by atoms with Crippen LogP contribution in [0.15, 0.2) is 36.5 Å². The summed E-state index contributed by atoms with van der Waals surface area (Å²) in [6.45, 7) is 2.77. The average Bonchev–Trinajstić information content (AvgIpc) is 3.71. The van der Waals surface area contributed by atoms with Gasteiger partial charge in [0.05, 0.1) is 28.9 Å². The molecule has 2 aromatic carbocycles. The molecule has 3 aliphatic rings. The van der Waals surface area contributed by atoms with E-state index >= 15 is 4.39 Å². The first kappa shape index (κ1) is 34.2. The van der Waals surface area contributed by atoms with Crippen molar-refractivity contribution in [2.24, 2.45) is 5.92 Å². The third kappa shape index (κ3) is 6.06. The predicted molar refractivity (Wildman–Crippen MR) is 181 cm³/mol. The number of benzene rings is 2. The van der Waals surface area contributed by atoms with E-state index in [9.17, 15) is 23.2 Å². The van der Waals surface area contributed by atoms with E-state index in [0.717, 1.165) is 19.3 Å². The molecule has 9 nitrogen and oxygen atoms in total. The van der Waals surface area contributed by atoms with Crippen LogP contribution >= 0.6 is 11.6 Å². The van der Waals surface area contributed by atoms with Crippen LogP contribution in [0.3, 0.4) is 0 Å². The summed E-state index contributed by atoms with van der Waals surface area (Å²) < 4.78 is 65.9. The number of carbonyl (C=O) groups excluding carboxylic acids is 1. The molecule has 3 fully saturated rings. The molecule has 1 aliphatic carbocycles. The Balaban J connectivity index is 1.31. The highest BCUT2D eigenvalue weighted by Crippen LogP contribution is 2.43. The molecule has 2 saturated heterocycles. The minimum absolute atomic E-state index is 0.0450. The lowest BCUT2D eigenvalue weighted by atomic mass is 9.99. The highest BCUT2D eigenvalue weighted by atomic mass is 35.5. The molecule has 50 heavy (non-hydrogen) atoms. The summed E-state index contributed by atoms with van der Waals surface area (Å²) in [6, 6.07) is 9.41. The number of nitrogens with zero attached hydrogens (tertiary/aromatic N) is 7. The normalized spacial score (nSPS) is 22.4. The second kappa shape index (κ2) is 13.5. The quantitative estimate of drug-likeness (QED) is 0.178. The molecule has 2 unspecified atom stereocenters. The smallest absolute Gasteiger partial charge is 0.319 e. The number of hydrogen-bond donors (Lipinski definition) is 0. The Morgan fingerprint density at radius 2 is 1.98 bits per heavy atom. The van der Waals surface area contributed by atoms with Gasteiger partial charge < -0.3 is 14.5 Å². The minimum Gasteiger partial charge on any atom is -0.462 e. The van der Waals surface area contributed by atoms with Gasteiger partial charge in [0.1, 0.15) is 36.1 Å². The van der Waals surface area contributed by atoms with Gasteiger partial charge in [-0.1, -0.05) is 35.9 Å². The van der Waals surface area contributed by atoms with E-state index in [0.29, 0.717) is 29.3 Å². The van der Waals surface area contributed by atoms with E-state index in [-0.39, 0.29) is 77.7 Å². The molecule has 0 radical (unpaired) electrons. The van der Waals surface area contributed by atoms with E-state index in [4.69, 9.17) is 21.3 Å². The summed E-state index contributed by atoms with van der Waals surface area (Å²) in [5.41, 5.74) is -2.07. The summed E-state index contributed by atoms with van der Waals surface area (Å²) in [5.74, 6) is -1.57. The Morgan fingerprint density at radius 3 is 2.74 bits per heavy atom. The highest BCUT2D eigenvalue weighted by Gasteiger charge is 2.46. The molecule has 2 aromatic heterocycles. The van der Waals surface area contributed by atoms with E-state index < -0.39 is 35.9 Å². The number of alkyl halides is 2. The zero-order valence-electron chi connectivity index (χ0n) is 27.7. The standard InChI is InChI=1S/C36H36ClF4N7O2/c1-36(2,41)34(49)48-15-14-46(18-23(48)10-12-42)33-25-17-43-31(24-5-3-4-20-7-9-26(39)29(37)28(20)24)30(40)32(25)44-35(45-33)50-19-27-21-6-8-22(16-21)47(27)13-11-38/h3-5,7,9,17,21-23,27H,6,8,10-11,13-16,18-19H2,1-2H3/t21?,22?,23-,27-/m0/s1. The summed E-state index contributed by atoms with van der Waals surface area (Å²) >= 11 is 6.39. The van der Waals surface area contributed by atoms with Crippen molar-refractivity contribution in [1.29, 1.82) is 5.26 Å². The van der Waals surface area contributed by atoms with Crippen LogP contribution in [0.1, 0.15) is 39.5 Å². The number of anilines is 1. The Hall–Kier alpha value is -4.28. The van der Waals surface area contributed by atoms with Gasteiger partial charge in [-0.3, -0.25) is 14.7 Å². The molecule has 14 heteroatoms. The Kier molecular flexibility index (Phi) is 9.19. The molecule has 262 valence electrons.